The highest BCUT2D eigenvalue weighted by Gasteiger charge is 2.33. The number of hydrogen-bond donors (Lipinski definition) is 0. The molecule has 5 heteroatoms. The Hall–Kier alpha value is -1.52. The molecule has 0 unspecified atom stereocenters. The van der Waals surface area contributed by atoms with Crippen LogP contribution in [0.3, 0.4) is 0 Å². The Bertz CT molecular complexity index is 397. The Morgan fingerprint density at radius 1 is 1.38 bits per heavy atom. The molecule has 16 heavy (non-hydrogen) atoms. The topological polar surface area (TPSA) is 26.3 Å². The zero-order valence-corrected chi connectivity index (χ0v) is 8.89. The molecule has 1 aromatic rings. The van der Waals surface area contributed by atoms with E-state index in [1.165, 1.54) is 19.1 Å². The van der Waals surface area contributed by atoms with Crippen LogP contribution in [0.4, 0.5) is 13.2 Å². The second-order valence-corrected chi connectivity index (χ2v) is 3.20. The predicted molar refractivity (Wildman–Crippen MR) is 52.1 cm³/mol. The molecular weight excluding hydrogens is 221 g/mol. The highest BCUT2D eigenvalue weighted by Crippen LogP contribution is 2.32. The van der Waals surface area contributed by atoms with Crippen LogP contribution in [-0.2, 0) is 10.9 Å². The van der Waals surface area contributed by atoms with Crippen molar-refractivity contribution in [1.29, 1.82) is 0 Å². The van der Waals surface area contributed by atoms with Gasteiger partial charge in [0.25, 0.3) is 0 Å². The van der Waals surface area contributed by atoms with Crippen LogP contribution in [0.15, 0.2) is 18.2 Å². The van der Waals surface area contributed by atoms with Gasteiger partial charge in [0.1, 0.15) is 0 Å². The summed E-state index contributed by atoms with van der Waals surface area (Å²) in [5, 5.41) is 0. The fraction of sp³-hybridized carbons (Fsp3) is 0.364. The summed E-state index contributed by atoms with van der Waals surface area (Å²) in [4.78, 5) is 11.4. The third-order valence-electron chi connectivity index (χ3n) is 2.13. The lowest BCUT2D eigenvalue weighted by molar-refractivity contribution is -0.138. The molecule has 0 atom stereocenters. The second kappa shape index (κ2) is 4.55. The fourth-order valence-electron chi connectivity index (χ4n) is 1.37. The lowest BCUT2D eigenvalue weighted by Gasteiger charge is -2.12. The molecule has 0 aromatic heterocycles. The van der Waals surface area contributed by atoms with Crippen LogP contribution in [0.25, 0.3) is 0 Å². The first-order valence-electron chi connectivity index (χ1n) is 4.71. The number of alkyl halides is 3. The number of carbonyl (C=O) groups excluding carboxylic acids is 1. The smallest absolute Gasteiger partial charge is 0.416 e. The molecule has 0 heterocycles. The van der Waals surface area contributed by atoms with Crippen LogP contribution >= 0.6 is 0 Å². The standard InChI is InChI=1S/C11H11F3O2/c1-3-16-10(15)8-5-4-6-9(7(8)2)11(12,13)14/h4-6H,3H2,1-2H3. The Morgan fingerprint density at radius 3 is 2.50 bits per heavy atom. The SMILES string of the molecule is CCOC(=O)c1cccc(C(F)(F)F)c1C. The largest absolute Gasteiger partial charge is 0.462 e. The van der Waals surface area contributed by atoms with E-state index < -0.39 is 17.7 Å². The molecule has 0 amide bonds. The van der Waals surface area contributed by atoms with Gasteiger partial charge in [0.2, 0.25) is 0 Å². The third kappa shape index (κ3) is 2.53. The number of hydrogen-bond acceptors (Lipinski definition) is 2. The molecule has 1 rings (SSSR count). The van der Waals surface area contributed by atoms with Crippen molar-refractivity contribution in [2.75, 3.05) is 6.61 Å². The van der Waals surface area contributed by atoms with Crippen molar-refractivity contribution in [3.8, 4) is 0 Å². The van der Waals surface area contributed by atoms with Gasteiger partial charge in [-0.25, -0.2) is 4.79 Å². The first-order chi connectivity index (χ1) is 7.38. The summed E-state index contributed by atoms with van der Waals surface area (Å²) in [7, 11) is 0. The monoisotopic (exact) mass is 232 g/mol. The quantitative estimate of drug-likeness (QED) is 0.732. The summed E-state index contributed by atoms with van der Waals surface area (Å²) >= 11 is 0. The minimum Gasteiger partial charge on any atom is -0.462 e. The fourth-order valence-corrected chi connectivity index (χ4v) is 1.37. The van der Waals surface area contributed by atoms with E-state index in [1.54, 1.807) is 6.92 Å². The Kier molecular flexibility index (Phi) is 3.57. The molecule has 0 fully saturated rings. The Balaban J connectivity index is 3.19. The van der Waals surface area contributed by atoms with Crippen molar-refractivity contribution in [2.24, 2.45) is 0 Å². The minimum absolute atomic E-state index is 0.0447. The van der Waals surface area contributed by atoms with Crippen LogP contribution in [0, 0.1) is 6.92 Å². The van der Waals surface area contributed by atoms with Gasteiger partial charge in [0, 0.05) is 0 Å². The van der Waals surface area contributed by atoms with Crippen molar-refractivity contribution >= 4 is 5.97 Å². The minimum atomic E-state index is -4.45. The highest BCUT2D eigenvalue weighted by atomic mass is 19.4. The van der Waals surface area contributed by atoms with Crippen molar-refractivity contribution in [1.82, 2.24) is 0 Å². The normalized spacial score (nSPS) is 11.3. The molecule has 0 spiro atoms. The summed E-state index contributed by atoms with van der Waals surface area (Å²) in [5.41, 5.74) is -0.955. The molecular formula is C11H11F3O2. The Labute approximate surface area is 91.0 Å². The molecule has 0 bridgehead atoms. The molecule has 0 N–H and O–H groups in total. The first kappa shape index (κ1) is 12.5. The van der Waals surface area contributed by atoms with Crippen LogP contribution in [0.5, 0.6) is 0 Å². The number of ether oxygens (including phenoxy) is 1. The van der Waals surface area contributed by atoms with E-state index in [2.05, 4.69) is 4.74 Å². The van der Waals surface area contributed by atoms with Crippen LogP contribution < -0.4 is 0 Å². The van der Waals surface area contributed by atoms with E-state index in [0.29, 0.717) is 0 Å². The third-order valence-corrected chi connectivity index (χ3v) is 2.13. The van der Waals surface area contributed by atoms with Gasteiger partial charge >= 0.3 is 12.1 Å². The van der Waals surface area contributed by atoms with Gasteiger partial charge < -0.3 is 4.74 Å². The zero-order chi connectivity index (χ0) is 12.3. The zero-order valence-electron chi connectivity index (χ0n) is 8.89. The molecule has 0 radical (unpaired) electrons. The summed E-state index contributed by atoms with van der Waals surface area (Å²) in [5.74, 6) is -0.730. The summed E-state index contributed by atoms with van der Waals surface area (Å²) < 4.78 is 42.2. The van der Waals surface area contributed by atoms with E-state index >= 15 is 0 Å². The van der Waals surface area contributed by atoms with Crippen LogP contribution in [-0.4, -0.2) is 12.6 Å². The molecule has 0 aliphatic rings. The average Bonchev–Trinajstić information content (AvgIpc) is 2.16. The molecule has 2 nitrogen and oxygen atoms in total. The lowest BCUT2D eigenvalue weighted by atomic mass is 10.0. The van der Waals surface area contributed by atoms with E-state index in [4.69, 9.17) is 0 Å². The molecule has 0 aliphatic carbocycles. The maximum absolute atomic E-state index is 12.5. The molecule has 0 saturated heterocycles. The van der Waals surface area contributed by atoms with Gasteiger partial charge in [-0.1, -0.05) is 6.07 Å². The van der Waals surface area contributed by atoms with Crippen molar-refractivity contribution in [3.05, 3.63) is 34.9 Å². The summed E-state index contributed by atoms with van der Waals surface area (Å²) in [6, 6.07) is 3.46. The average molecular weight is 232 g/mol. The van der Waals surface area contributed by atoms with E-state index in [-0.39, 0.29) is 17.7 Å². The van der Waals surface area contributed by atoms with Gasteiger partial charge in [-0.05, 0) is 31.5 Å². The lowest BCUT2D eigenvalue weighted by Crippen LogP contribution is -2.13. The molecule has 0 saturated carbocycles. The second-order valence-electron chi connectivity index (χ2n) is 3.20. The number of carbonyl (C=O) groups is 1. The summed E-state index contributed by atoms with van der Waals surface area (Å²) in [6.45, 7) is 2.99. The van der Waals surface area contributed by atoms with Gasteiger partial charge in [-0.2, -0.15) is 13.2 Å². The highest BCUT2D eigenvalue weighted by molar-refractivity contribution is 5.91. The van der Waals surface area contributed by atoms with Crippen molar-refractivity contribution in [3.63, 3.8) is 0 Å². The van der Waals surface area contributed by atoms with Crippen molar-refractivity contribution < 1.29 is 22.7 Å². The van der Waals surface area contributed by atoms with E-state index in [0.717, 1.165) is 6.07 Å². The van der Waals surface area contributed by atoms with E-state index in [9.17, 15) is 18.0 Å². The van der Waals surface area contributed by atoms with Crippen LogP contribution in [0.2, 0.25) is 0 Å². The van der Waals surface area contributed by atoms with Gasteiger partial charge in [0.05, 0.1) is 17.7 Å². The number of benzene rings is 1. The number of esters is 1. The number of halogens is 3. The predicted octanol–water partition coefficient (Wildman–Crippen LogP) is 3.19. The van der Waals surface area contributed by atoms with Gasteiger partial charge in [-0.15, -0.1) is 0 Å². The maximum Gasteiger partial charge on any atom is 0.416 e. The van der Waals surface area contributed by atoms with Crippen molar-refractivity contribution in [2.45, 2.75) is 20.0 Å². The molecule has 1 aromatic carbocycles. The van der Waals surface area contributed by atoms with Gasteiger partial charge in [-0.3, -0.25) is 0 Å². The van der Waals surface area contributed by atoms with E-state index in [1.807, 2.05) is 0 Å². The number of rotatable bonds is 2. The molecule has 0 aliphatic heterocycles. The van der Waals surface area contributed by atoms with Crippen LogP contribution in [0.1, 0.15) is 28.4 Å². The first-order valence-corrected chi connectivity index (χ1v) is 4.71. The maximum atomic E-state index is 12.5. The summed E-state index contributed by atoms with van der Waals surface area (Å²) in [6.07, 6.45) is -4.45. The van der Waals surface area contributed by atoms with Gasteiger partial charge in [0.15, 0.2) is 0 Å². The Morgan fingerprint density at radius 2 is 2.00 bits per heavy atom. The molecule has 88 valence electrons.